The number of hydrogen-bond acceptors (Lipinski definition) is 6. The molecule has 1 heterocycles. The number of hydrogen-bond donors (Lipinski definition) is 3. The fourth-order valence-corrected chi connectivity index (χ4v) is 1.64. The number of amides is 1. The van der Waals surface area contributed by atoms with E-state index < -0.39 is 17.9 Å². The highest BCUT2D eigenvalue weighted by Gasteiger charge is 2.20. The Morgan fingerprint density at radius 1 is 1.24 bits per heavy atom. The van der Waals surface area contributed by atoms with Gasteiger partial charge in [-0.25, -0.2) is 0 Å². The van der Waals surface area contributed by atoms with Crippen molar-refractivity contribution in [2.45, 2.75) is 46.1 Å². The smallest absolute Gasteiger partial charge is 0.322 e. The molecule has 3 N–H and O–H groups in total. The average Bonchev–Trinajstić information content (AvgIpc) is 2.82. The van der Waals surface area contributed by atoms with Gasteiger partial charge in [0.2, 0.25) is 11.8 Å². The average molecular weight is 298 g/mol. The summed E-state index contributed by atoms with van der Waals surface area (Å²) in [4.78, 5) is 22.8. The third-order valence-electron chi connectivity index (χ3n) is 2.70. The minimum absolute atomic E-state index is 0.0150. The number of nitrogens with one attached hydrogen (secondary N) is 2. The van der Waals surface area contributed by atoms with Crippen LogP contribution in [0.1, 0.15) is 45.9 Å². The number of rotatable bonds is 8. The zero-order chi connectivity index (χ0) is 16.0. The second-order valence-corrected chi connectivity index (χ2v) is 5.55. The van der Waals surface area contributed by atoms with E-state index >= 15 is 0 Å². The van der Waals surface area contributed by atoms with Crippen molar-refractivity contribution in [3.05, 3.63) is 5.89 Å². The lowest BCUT2D eigenvalue weighted by atomic mass is 10.0. The molecule has 0 aliphatic rings. The van der Waals surface area contributed by atoms with E-state index in [1.54, 1.807) is 0 Å². The van der Waals surface area contributed by atoms with Crippen LogP contribution < -0.4 is 10.6 Å². The summed E-state index contributed by atoms with van der Waals surface area (Å²) in [6.45, 7) is 7.49. The van der Waals surface area contributed by atoms with Crippen LogP contribution in [0.5, 0.6) is 0 Å². The summed E-state index contributed by atoms with van der Waals surface area (Å²) in [5.74, 6) is -0.684. The molecule has 1 aromatic heterocycles. The number of carbonyl (C=O) groups is 2. The third kappa shape index (κ3) is 5.90. The number of aromatic nitrogens is 2. The van der Waals surface area contributed by atoms with E-state index in [4.69, 9.17) is 9.52 Å². The summed E-state index contributed by atoms with van der Waals surface area (Å²) < 4.78 is 5.24. The van der Waals surface area contributed by atoms with Gasteiger partial charge < -0.3 is 9.52 Å². The Bertz CT molecular complexity index is 484. The predicted octanol–water partition coefficient (Wildman–Crippen LogP) is 1.22. The highest BCUT2D eigenvalue weighted by atomic mass is 16.4. The van der Waals surface area contributed by atoms with Crippen molar-refractivity contribution in [1.29, 1.82) is 0 Å². The van der Waals surface area contributed by atoms with Gasteiger partial charge in [-0.15, -0.1) is 5.10 Å². The summed E-state index contributed by atoms with van der Waals surface area (Å²) in [5, 5.41) is 21.7. The second-order valence-electron chi connectivity index (χ2n) is 5.55. The van der Waals surface area contributed by atoms with E-state index in [-0.39, 0.29) is 24.4 Å². The van der Waals surface area contributed by atoms with Crippen LogP contribution in [0.3, 0.4) is 0 Å². The van der Waals surface area contributed by atoms with Gasteiger partial charge in [0.05, 0.1) is 6.54 Å². The van der Waals surface area contributed by atoms with Crippen LogP contribution in [-0.2, 0) is 9.59 Å². The van der Waals surface area contributed by atoms with Crippen molar-refractivity contribution in [3.8, 4) is 0 Å². The first-order chi connectivity index (χ1) is 9.79. The van der Waals surface area contributed by atoms with E-state index in [0.717, 1.165) is 0 Å². The molecular formula is C13H22N4O4. The largest absolute Gasteiger partial charge is 0.480 e. The second kappa shape index (κ2) is 7.72. The molecule has 0 aliphatic carbocycles. The molecule has 0 aromatic carbocycles. The Hall–Kier alpha value is -1.96. The summed E-state index contributed by atoms with van der Waals surface area (Å²) in [5.41, 5.74) is 0. The van der Waals surface area contributed by atoms with Gasteiger partial charge in [0.25, 0.3) is 0 Å². The first-order valence-corrected chi connectivity index (χ1v) is 6.89. The summed E-state index contributed by atoms with van der Waals surface area (Å²) >= 11 is 0. The maximum atomic E-state index is 11.7. The molecule has 8 nitrogen and oxygen atoms in total. The molecule has 1 aromatic rings. The van der Waals surface area contributed by atoms with Crippen LogP contribution in [0.4, 0.5) is 6.01 Å². The summed E-state index contributed by atoms with van der Waals surface area (Å²) in [7, 11) is 0. The zero-order valence-electron chi connectivity index (χ0n) is 12.7. The SMILES string of the molecule is CC(C)CC(NCC(=O)Nc1nnc(C(C)C)o1)C(=O)O. The Labute approximate surface area is 123 Å². The number of anilines is 1. The highest BCUT2D eigenvalue weighted by Crippen LogP contribution is 2.14. The fraction of sp³-hybridized carbons (Fsp3) is 0.692. The number of carboxylic acids is 1. The fourth-order valence-electron chi connectivity index (χ4n) is 1.64. The lowest BCUT2D eigenvalue weighted by Crippen LogP contribution is -2.42. The van der Waals surface area contributed by atoms with E-state index in [0.29, 0.717) is 12.3 Å². The first kappa shape index (κ1) is 17.1. The molecule has 1 unspecified atom stereocenters. The summed E-state index contributed by atoms with van der Waals surface area (Å²) in [6.07, 6.45) is 0.445. The lowest BCUT2D eigenvalue weighted by Gasteiger charge is -2.15. The molecule has 0 radical (unpaired) electrons. The molecular weight excluding hydrogens is 276 g/mol. The topological polar surface area (TPSA) is 117 Å². The van der Waals surface area contributed by atoms with E-state index in [2.05, 4.69) is 20.8 Å². The Kier molecular flexibility index (Phi) is 6.29. The zero-order valence-corrected chi connectivity index (χ0v) is 12.7. The van der Waals surface area contributed by atoms with E-state index in [1.807, 2.05) is 27.7 Å². The molecule has 1 rings (SSSR count). The molecule has 8 heteroatoms. The molecule has 0 spiro atoms. The Balaban J connectivity index is 2.46. The maximum absolute atomic E-state index is 11.7. The minimum atomic E-state index is -0.976. The van der Waals surface area contributed by atoms with Crippen molar-refractivity contribution in [1.82, 2.24) is 15.5 Å². The number of nitrogens with zero attached hydrogens (tertiary/aromatic N) is 2. The van der Waals surface area contributed by atoms with Crippen molar-refractivity contribution in [3.63, 3.8) is 0 Å². The van der Waals surface area contributed by atoms with Gasteiger partial charge in [0.15, 0.2) is 0 Å². The molecule has 0 aliphatic heterocycles. The van der Waals surface area contributed by atoms with Crippen molar-refractivity contribution in [2.24, 2.45) is 5.92 Å². The van der Waals surface area contributed by atoms with Crippen LogP contribution in [0.15, 0.2) is 4.42 Å². The van der Waals surface area contributed by atoms with Gasteiger partial charge in [-0.1, -0.05) is 32.8 Å². The first-order valence-electron chi connectivity index (χ1n) is 6.89. The van der Waals surface area contributed by atoms with Crippen LogP contribution in [-0.4, -0.2) is 39.8 Å². The van der Waals surface area contributed by atoms with Crippen molar-refractivity contribution in [2.75, 3.05) is 11.9 Å². The lowest BCUT2D eigenvalue weighted by molar-refractivity contribution is -0.139. The number of aliphatic carboxylic acids is 1. The third-order valence-corrected chi connectivity index (χ3v) is 2.70. The monoisotopic (exact) mass is 298 g/mol. The maximum Gasteiger partial charge on any atom is 0.322 e. The number of carbonyl (C=O) groups excluding carboxylic acids is 1. The molecule has 118 valence electrons. The molecule has 0 fully saturated rings. The molecule has 1 atom stereocenters. The van der Waals surface area contributed by atoms with Crippen LogP contribution in [0.2, 0.25) is 0 Å². The van der Waals surface area contributed by atoms with Gasteiger partial charge in [0, 0.05) is 5.92 Å². The minimum Gasteiger partial charge on any atom is -0.480 e. The molecule has 1 amide bonds. The van der Waals surface area contributed by atoms with Gasteiger partial charge >= 0.3 is 12.0 Å². The van der Waals surface area contributed by atoms with Crippen LogP contribution in [0, 0.1) is 5.92 Å². The van der Waals surface area contributed by atoms with E-state index in [9.17, 15) is 9.59 Å². The van der Waals surface area contributed by atoms with Crippen LogP contribution in [0.25, 0.3) is 0 Å². The molecule has 0 saturated carbocycles. The molecule has 21 heavy (non-hydrogen) atoms. The normalized spacial score (nSPS) is 12.7. The van der Waals surface area contributed by atoms with Crippen molar-refractivity contribution < 1.29 is 19.1 Å². The van der Waals surface area contributed by atoms with Gasteiger partial charge in [-0.3, -0.25) is 20.2 Å². The Morgan fingerprint density at radius 2 is 1.90 bits per heavy atom. The van der Waals surface area contributed by atoms with Crippen molar-refractivity contribution >= 4 is 17.9 Å². The van der Waals surface area contributed by atoms with Gasteiger partial charge in [0.1, 0.15) is 6.04 Å². The van der Waals surface area contributed by atoms with Crippen LogP contribution >= 0.6 is 0 Å². The molecule has 0 bridgehead atoms. The quantitative estimate of drug-likeness (QED) is 0.660. The molecule has 0 saturated heterocycles. The predicted molar refractivity (Wildman–Crippen MR) is 75.9 cm³/mol. The Morgan fingerprint density at radius 3 is 2.38 bits per heavy atom. The number of carboxylic acid groups (broad SMARTS) is 1. The summed E-state index contributed by atoms with van der Waals surface area (Å²) in [6, 6.07) is -0.745. The van der Waals surface area contributed by atoms with E-state index in [1.165, 1.54) is 0 Å². The standard InChI is InChI=1S/C13H22N4O4/c1-7(2)5-9(12(19)20)14-6-10(18)15-13-17-16-11(21-13)8(3)4/h7-9,14H,5-6H2,1-4H3,(H,19,20)(H,15,17,18). The highest BCUT2D eigenvalue weighted by molar-refractivity contribution is 5.90. The van der Waals surface area contributed by atoms with Gasteiger partial charge in [-0.05, 0) is 12.3 Å². The van der Waals surface area contributed by atoms with Gasteiger partial charge in [-0.2, -0.15) is 0 Å².